The van der Waals surface area contributed by atoms with Gasteiger partial charge in [0.05, 0.1) is 11.8 Å². The van der Waals surface area contributed by atoms with Crippen molar-refractivity contribution < 1.29 is 9.53 Å². The van der Waals surface area contributed by atoms with Crippen molar-refractivity contribution in [1.29, 1.82) is 0 Å². The maximum Gasteiger partial charge on any atom is 0.356 e. The Morgan fingerprint density at radius 1 is 1.27 bits per heavy atom. The van der Waals surface area contributed by atoms with E-state index in [1.807, 2.05) is 31.2 Å². The Hall–Kier alpha value is -2.78. The summed E-state index contributed by atoms with van der Waals surface area (Å²) in [6.07, 6.45) is 1.52. The molecule has 0 spiro atoms. The largest absolute Gasteiger partial charge is 0.488 e. The van der Waals surface area contributed by atoms with Gasteiger partial charge in [0.25, 0.3) is 0 Å². The number of para-hydroxylation sites is 1. The van der Waals surface area contributed by atoms with Crippen LogP contribution in [0.25, 0.3) is 0 Å². The fourth-order valence-corrected chi connectivity index (χ4v) is 1.96. The number of anilines is 1. The van der Waals surface area contributed by atoms with E-state index in [2.05, 4.69) is 26.5 Å². The predicted molar refractivity (Wildman–Crippen MR) is 77.2 cm³/mol. The lowest BCUT2D eigenvalue weighted by Gasteiger charge is -2.15. The molecule has 0 bridgehead atoms. The van der Waals surface area contributed by atoms with Crippen molar-refractivity contribution in [1.82, 2.24) is 31.5 Å². The molecule has 2 N–H and O–H groups in total. The Kier molecular flexibility index (Phi) is 3.81. The Bertz CT molecular complexity index is 694. The third kappa shape index (κ3) is 2.67. The molecule has 0 saturated carbocycles. The first kappa shape index (κ1) is 14.2. The van der Waals surface area contributed by atoms with Crippen LogP contribution in [0.2, 0.25) is 0 Å². The van der Waals surface area contributed by atoms with Crippen molar-refractivity contribution in [3.63, 3.8) is 0 Å². The summed E-state index contributed by atoms with van der Waals surface area (Å²) in [5.41, 5.74) is 7.01. The van der Waals surface area contributed by atoms with Gasteiger partial charge in [-0.2, -0.15) is 5.01 Å². The van der Waals surface area contributed by atoms with Crippen molar-refractivity contribution in [3.8, 4) is 5.75 Å². The number of nitrogens with zero attached hydrogens (tertiary/aromatic N) is 5. The highest BCUT2D eigenvalue weighted by Crippen LogP contribution is 2.21. The first-order valence-electron chi connectivity index (χ1n) is 6.61. The van der Waals surface area contributed by atoms with Crippen LogP contribution in [0.15, 0.2) is 30.5 Å². The van der Waals surface area contributed by atoms with Crippen LogP contribution in [0, 0.1) is 6.92 Å². The van der Waals surface area contributed by atoms with Crippen molar-refractivity contribution in [3.05, 3.63) is 41.6 Å². The van der Waals surface area contributed by atoms with Crippen molar-refractivity contribution >= 4 is 11.8 Å². The lowest BCUT2D eigenvalue weighted by Crippen LogP contribution is -2.39. The van der Waals surface area contributed by atoms with Crippen LogP contribution in [0.1, 0.15) is 11.1 Å². The van der Waals surface area contributed by atoms with E-state index in [-0.39, 0.29) is 12.6 Å². The standard InChI is InChI=1S/C13H15N7O2/c1-9-5-3-4-6-11(9)22-8-10-7-14-16-15-12(10)20-13(21)19(2)17-18-20/h3-7,17-18H,8H2,1-2H3. The van der Waals surface area contributed by atoms with Gasteiger partial charge in [0.2, 0.25) is 0 Å². The van der Waals surface area contributed by atoms with Crippen LogP contribution in [-0.2, 0) is 6.61 Å². The van der Waals surface area contributed by atoms with E-state index in [0.717, 1.165) is 11.3 Å². The third-order valence-electron chi connectivity index (χ3n) is 3.19. The van der Waals surface area contributed by atoms with Gasteiger partial charge >= 0.3 is 6.03 Å². The topological polar surface area (TPSA) is 95.5 Å². The van der Waals surface area contributed by atoms with Gasteiger partial charge in [0.15, 0.2) is 5.82 Å². The summed E-state index contributed by atoms with van der Waals surface area (Å²) in [7, 11) is 1.59. The van der Waals surface area contributed by atoms with Crippen molar-refractivity contribution in [2.45, 2.75) is 13.5 Å². The molecule has 1 fully saturated rings. The average Bonchev–Trinajstić information content (AvgIpc) is 2.86. The van der Waals surface area contributed by atoms with E-state index in [4.69, 9.17) is 4.74 Å². The fraction of sp³-hybridized carbons (Fsp3) is 0.231. The van der Waals surface area contributed by atoms with Gasteiger partial charge in [0, 0.05) is 7.05 Å². The van der Waals surface area contributed by atoms with Gasteiger partial charge in [-0.25, -0.2) is 9.80 Å². The van der Waals surface area contributed by atoms with E-state index < -0.39 is 0 Å². The molecule has 2 amide bonds. The molecule has 22 heavy (non-hydrogen) atoms. The zero-order valence-electron chi connectivity index (χ0n) is 12.1. The summed E-state index contributed by atoms with van der Waals surface area (Å²) in [6.45, 7) is 2.18. The molecule has 3 rings (SSSR count). The number of carbonyl (C=O) groups is 1. The molecule has 0 unspecified atom stereocenters. The SMILES string of the molecule is Cc1ccccc1OCc1cnnnc1N1NNN(C)C1=O. The zero-order chi connectivity index (χ0) is 15.5. The molecule has 9 nitrogen and oxygen atoms in total. The normalized spacial score (nSPS) is 14.5. The minimum Gasteiger partial charge on any atom is -0.488 e. The summed E-state index contributed by atoms with van der Waals surface area (Å²) in [5, 5.41) is 13.8. The van der Waals surface area contributed by atoms with E-state index in [1.54, 1.807) is 7.05 Å². The summed E-state index contributed by atoms with van der Waals surface area (Å²) >= 11 is 0. The average molecular weight is 301 g/mol. The second-order valence-corrected chi connectivity index (χ2v) is 4.74. The van der Waals surface area contributed by atoms with Crippen molar-refractivity contribution in [2.24, 2.45) is 0 Å². The number of rotatable bonds is 4. The second-order valence-electron chi connectivity index (χ2n) is 4.74. The zero-order valence-corrected chi connectivity index (χ0v) is 12.1. The molecule has 0 atom stereocenters. The molecule has 1 aromatic heterocycles. The molecule has 2 aromatic rings. The third-order valence-corrected chi connectivity index (χ3v) is 3.19. The van der Waals surface area contributed by atoms with Crippen LogP contribution < -0.4 is 20.8 Å². The lowest BCUT2D eigenvalue weighted by molar-refractivity contribution is 0.214. The number of aromatic nitrogens is 3. The highest BCUT2D eigenvalue weighted by Gasteiger charge is 2.30. The highest BCUT2D eigenvalue weighted by atomic mass is 16.5. The van der Waals surface area contributed by atoms with Gasteiger partial charge in [-0.05, 0) is 23.8 Å². The number of nitrogens with one attached hydrogen (secondary N) is 2. The maximum atomic E-state index is 12.0. The number of hydrogen-bond acceptors (Lipinski definition) is 7. The molecule has 114 valence electrons. The molecule has 1 aromatic carbocycles. The minimum absolute atomic E-state index is 0.220. The Balaban J connectivity index is 1.80. The van der Waals surface area contributed by atoms with E-state index in [0.29, 0.717) is 11.4 Å². The maximum absolute atomic E-state index is 12.0. The van der Waals surface area contributed by atoms with Crippen LogP contribution in [0.5, 0.6) is 5.75 Å². The highest BCUT2D eigenvalue weighted by molar-refractivity contribution is 5.91. The number of carbonyl (C=O) groups excluding carboxylic acids is 1. The Morgan fingerprint density at radius 3 is 2.82 bits per heavy atom. The summed E-state index contributed by atoms with van der Waals surface area (Å²) < 4.78 is 5.78. The number of urea groups is 1. The molecule has 2 heterocycles. The Morgan fingerprint density at radius 2 is 2.09 bits per heavy atom. The molecule has 1 aliphatic heterocycles. The molecule has 9 heteroatoms. The number of hydrazine groups is 3. The summed E-state index contributed by atoms with van der Waals surface area (Å²) in [6, 6.07) is 7.38. The summed E-state index contributed by atoms with van der Waals surface area (Å²) in [5.74, 6) is 1.10. The van der Waals surface area contributed by atoms with Gasteiger partial charge in [-0.15, -0.1) is 21.3 Å². The predicted octanol–water partition coefficient (Wildman–Crippen LogP) is 0.555. The van der Waals surface area contributed by atoms with Crippen molar-refractivity contribution in [2.75, 3.05) is 12.1 Å². The molecular weight excluding hydrogens is 286 g/mol. The van der Waals surface area contributed by atoms with Gasteiger partial charge < -0.3 is 4.74 Å². The van der Waals surface area contributed by atoms with E-state index in [9.17, 15) is 4.79 Å². The van der Waals surface area contributed by atoms with E-state index >= 15 is 0 Å². The fourth-order valence-electron chi connectivity index (χ4n) is 1.96. The molecular formula is C13H15N7O2. The molecule has 1 aliphatic rings. The van der Waals surface area contributed by atoms with Gasteiger partial charge in [-0.3, -0.25) is 0 Å². The number of hydrogen-bond donors (Lipinski definition) is 2. The second kappa shape index (κ2) is 5.92. The number of ether oxygens (including phenoxy) is 1. The molecule has 1 saturated heterocycles. The number of amides is 2. The first-order valence-corrected chi connectivity index (χ1v) is 6.61. The monoisotopic (exact) mass is 301 g/mol. The minimum atomic E-state index is -0.308. The Labute approximate surface area is 126 Å². The molecule has 0 radical (unpaired) electrons. The smallest absolute Gasteiger partial charge is 0.356 e. The number of aryl methyl sites for hydroxylation is 1. The summed E-state index contributed by atoms with van der Waals surface area (Å²) in [4.78, 5) is 12.0. The first-order chi connectivity index (χ1) is 10.7. The van der Waals surface area contributed by atoms with Crippen LogP contribution >= 0.6 is 0 Å². The van der Waals surface area contributed by atoms with Gasteiger partial charge in [0.1, 0.15) is 12.4 Å². The van der Waals surface area contributed by atoms with Gasteiger partial charge in [-0.1, -0.05) is 18.2 Å². The lowest BCUT2D eigenvalue weighted by atomic mass is 10.2. The van der Waals surface area contributed by atoms with Crippen LogP contribution in [-0.4, -0.2) is 33.5 Å². The quantitative estimate of drug-likeness (QED) is 0.851. The van der Waals surface area contributed by atoms with E-state index in [1.165, 1.54) is 16.2 Å². The van der Waals surface area contributed by atoms with Crippen LogP contribution in [0.3, 0.4) is 0 Å². The van der Waals surface area contributed by atoms with Crippen LogP contribution in [0.4, 0.5) is 10.6 Å². The molecule has 0 aliphatic carbocycles. The number of benzene rings is 1.